The van der Waals surface area contributed by atoms with Crippen LogP contribution < -0.4 is 10.0 Å². The molecule has 4 aromatic carbocycles. The normalized spacial score (nSPS) is 10.0. The number of halogens is 1. The molecule has 0 atom stereocenters. The SMILES string of the molecule is Cl.c1ccc(CN(c2ccccc2)N(c2ccccc2)c2ccccc2)cc1. The number of benzene rings is 4. The van der Waals surface area contributed by atoms with Gasteiger partial charge in [-0.1, -0.05) is 84.9 Å². The standard InChI is InChI=1S/C25H22N2.ClH/c1-5-13-22(14-6-1)21-26(23-15-7-2-8-16-23)27(24-17-9-3-10-18-24)25-19-11-4-12-20-25;/h1-20H,21H2;1H. The van der Waals surface area contributed by atoms with E-state index in [1.807, 2.05) is 0 Å². The van der Waals surface area contributed by atoms with Gasteiger partial charge in [-0.3, -0.25) is 10.0 Å². The fraction of sp³-hybridized carbons (Fsp3) is 0.0400. The fourth-order valence-corrected chi connectivity index (χ4v) is 3.20. The predicted octanol–water partition coefficient (Wildman–Crippen LogP) is 6.87. The molecule has 0 saturated carbocycles. The summed E-state index contributed by atoms with van der Waals surface area (Å²) in [7, 11) is 0. The number of anilines is 3. The second-order valence-corrected chi connectivity index (χ2v) is 6.36. The number of nitrogens with zero attached hydrogens (tertiary/aromatic N) is 2. The molecule has 0 spiro atoms. The van der Waals surface area contributed by atoms with Gasteiger partial charge in [-0.25, -0.2) is 0 Å². The van der Waals surface area contributed by atoms with E-state index < -0.39 is 0 Å². The summed E-state index contributed by atoms with van der Waals surface area (Å²) in [5.74, 6) is 0. The lowest BCUT2D eigenvalue weighted by Crippen LogP contribution is -2.39. The monoisotopic (exact) mass is 386 g/mol. The van der Waals surface area contributed by atoms with E-state index in [2.05, 4.69) is 131 Å². The van der Waals surface area contributed by atoms with Crippen LogP contribution in [-0.4, -0.2) is 0 Å². The van der Waals surface area contributed by atoms with Crippen LogP contribution >= 0.6 is 12.4 Å². The molecule has 0 aliphatic carbocycles. The van der Waals surface area contributed by atoms with Crippen molar-refractivity contribution in [3.63, 3.8) is 0 Å². The molecular formula is C25H23ClN2. The highest BCUT2D eigenvalue weighted by Gasteiger charge is 2.19. The van der Waals surface area contributed by atoms with Gasteiger partial charge in [0.15, 0.2) is 0 Å². The largest absolute Gasteiger partial charge is 0.276 e. The Labute approximate surface area is 173 Å². The fourth-order valence-electron chi connectivity index (χ4n) is 3.20. The lowest BCUT2D eigenvalue weighted by molar-refractivity contribution is 0.812. The summed E-state index contributed by atoms with van der Waals surface area (Å²) in [6.45, 7) is 0.772. The predicted molar refractivity (Wildman–Crippen MR) is 121 cm³/mol. The van der Waals surface area contributed by atoms with E-state index in [0.29, 0.717) is 0 Å². The highest BCUT2D eigenvalue weighted by molar-refractivity contribution is 5.85. The Morgan fingerprint density at radius 3 is 1.21 bits per heavy atom. The first-order valence-electron chi connectivity index (χ1n) is 9.18. The molecular weight excluding hydrogens is 364 g/mol. The molecule has 0 heterocycles. The molecule has 0 amide bonds. The summed E-state index contributed by atoms with van der Waals surface area (Å²) in [5.41, 5.74) is 4.67. The van der Waals surface area contributed by atoms with Crippen molar-refractivity contribution in [2.24, 2.45) is 0 Å². The second-order valence-electron chi connectivity index (χ2n) is 6.36. The number of hydrazine groups is 1. The molecule has 140 valence electrons. The van der Waals surface area contributed by atoms with Crippen molar-refractivity contribution in [2.45, 2.75) is 6.54 Å². The van der Waals surface area contributed by atoms with Crippen LogP contribution in [0.2, 0.25) is 0 Å². The Morgan fingerprint density at radius 2 is 0.786 bits per heavy atom. The van der Waals surface area contributed by atoms with Gasteiger partial charge in [0.2, 0.25) is 0 Å². The maximum Gasteiger partial charge on any atom is 0.0650 e. The number of rotatable bonds is 6. The molecule has 0 N–H and O–H groups in total. The van der Waals surface area contributed by atoms with Crippen molar-refractivity contribution < 1.29 is 0 Å². The molecule has 0 aliphatic rings. The van der Waals surface area contributed by atoms with E-state index >= 15 is 0 Å². The summed E-state index contributed by atoms with van der Waals surface area (Å²) in [5, 5.41) is 4.60. The van der Waals surface area contributed by atoms with Crippen LogP contribution in [-0.2, 0) is 6.54 Å². The van der Waals surface area contributed by atoms with Crippen molar-refractivity contribution in [2.75, 3.05) is 10.0 Å². The van der Waals surface area contributed by atoms with E-state index in [9.17, 15) is 0 Å². The van der Waals surface area contributed by atoms with Crippen LogP contribution in [0.3, 0.4) is 0 Å². The third kappa shape index (κ3) is 4.54. The number of hydrogen-bond acceptors (Lipinski definition) is 2. The molecule has 0 fully saturated rings. The Hall–Kier alpha value is -3.23. The number of hydrogen-bond donors (Lipinski definition) is 0. The summed E-state index contributed by atoms with van der Waals surface area (Å²) in [4.78, 5) is 0. The van der Waals surface area contributed by atoms with Crippen LogP contribution in [0.25, 0.3) is 0 Å². The minimum Gasteiger partial charge on any atom is -0.276 e. The zero-order chi connectivity index (χ0) is 18.3. The van der Waals surface area contributed by atoms with E-state index in [4.69, 9.17) is 0 Å². The maximum atomic E-state index is 2.32. The third-order valence-electron chi connectivity index (χ3n) is 4.47. The van der Waals surface area contributed by atoms with Gasteiger partial charge in [-0.05, 0) is 42.0 Å². The van der Waals surface area contributed by atoms with Crippen molar-refractivity contribution in [1.29, 1.82) is 0 Å². The highest BCUT2D eigenvalue weighted by atomic mass is 35.5. The van der Waals surface area contributed by atoms with Gasteiger partial charge in [-0.15, -0.1) is 12.4 Å². The first-order valence-corrected chi connectivity index (χ1v) is 9.18. The van der Waals surface area contributed by atoms with Gasteiger partial charge in [0.05, 0.1) is 23.6 Å². The molecule has 0 aromatic heterocycles. The van der Waals surface area contributed by atoms with E-state index in [1.165, 1.54) is 5.56 Å². The highest BCUT2D eigenvalue weighted by Crippen LogP contribution is 2.31. The lowest BCUT2D eigenvalue weighted by Gasteiger charge is -2.38. The van der Waals surface area contributed by atoms with Gasteiger partial charge in [-0.2, -0.15) is 0 Å². The van der Waals surface area contributed by atoms with Gasteiger partial charge < -0.3 is 0 Å². The van der Waals surface area contributed by atoms with E-state index in [1.54, 1.807) is 0 Å². The smallest absolute Gasteiger partial charge is 0.0650 e. The van der Waals surface area contributed by atoms with Crippen LogP contribution in [0.15, 0.2) is 121 Å². The molecule has 4 aromatic rings. The molecule has 3 heteroatoms. The number of para-hydroxylation sites is 3. The Kier molecular flexibility index (Phi) is 6.72. The molecule has 0 bridgehead atoms. The molecule has 28 heavy (non-hydrogen) atoms. The van der Waals surface area contributed by atoms with E-state index in [0.717, 1.165) is 23.6 Å². The molecule has 4 rings (SSSR count). The Balaban J connectivity index is 0.00000225. The first kappa shape index (κ1) is 19.5. The van der Waals surface area contributed by atoms with Gasteiger partial charge in [0.25, 0.3) is 0 Å². The van der Waals surface area contributed by atoms with Crippen molar-refractivity contribution in [3.8, 4) is 0 Å². The third-order valence-corrected chi connectivity index (χ3v) is 4.47. The van der Waals surface area contributed by atoms with Crippen LogP contribution in [0.4, 0.5) is 17.1 Å². The van der Waals surface area contributed by atoms with E-state index in [-0.39, 0.29) is 12.4 Å². The van der Waals surface area contributed by atoms with Gasteiger partial charge in [0.1, 0.15) is 0 Å². The average molecular weight is 387 g/mol. The zero-order valence-corrected chi connectivity index (χ0v) is 16.4. The van der Waals surface area contributed by atoms with Gasteiger partial charge in [0, 0.05) is 0 Å². The lowest BCUT2D eigenvalue weighted by atomic mass is 10.2. The summed E-state index contributed by atoms with van der Waals surface area (Å²) >= 11 is 0. The topological polar surface area (TPSA) is 6.48 Å². The minimum absolute atomic E-state index is 0. The summed E-state index contributed by atoms with van der Waals surface area (Å²) < 4.78 is 0. The molecule has 0 unspecified atom stereocenters. The van der Waals surface area contributed by atoms with Crippen molar-refractivity contribution >= 4 is 29.5 Å². The molecule has 2 nitrogen and oxygen atoms in total. The maximum absolute atomic E-state index is 2.32. The summed E-state index contributed by atoms with van der Waals surface area (Å²) in [6, 6.07) is 42.1. The zero-order valence-electron chi connectivity index (χ0n) is 15.6. The first-order chi connectivity index (χ1) is 13.4. The molecule has 0 aliphatic heterocycles. The Morgan fingerprint density at radius 1 is 0.429 bits per heavy atom. The molecule has 0 saturated heterocycles. The average Bonchev–Trinajstić information content (AvgIpc) is 2.76. The molecule has 0 radical (unpaired) electrons. The van der Waals surface area contributed by atoms with Crippen LogP contribution in [0.1, 0.15) is 5.56 Å². The Bertz CT molecular complexity index is 905. The minimum atomic E-state index is 0. The quantitative estimate of drug-likeness (QED) is 0.333. The second kappa shape index (κ2) is 9.63. The van der Waals surface area contributed by atoms with Gasteiger partial charge >= 0.3 is 0 Å². The van der Waals surface area contributed by atoms with Crippen molar-refractivity contribution in [3.05, 3.63) is 127 Å². The summed E-state index contributed by atoms with van der Waals surface area (Å²) in [6.07, 6.45) is 0. The van der Waals surface area contributed by atoms with Crippen molar-refractivity contribution in [1.82, 2.24) is 0 Å². The van der Waals surface area contributed by atoms with Crippen LogP contribution in [0.5, 0.6) is 0 Å². The van der Waals surface area contributed by atoms with Crippen LogP contribution in [0, 0.1) is 0 Å².